The fourth-order valence-electron chi connectivity index (χ4n) is 3.12. The summed E-state index contributed by atoms with van der Waals surface area (Å²) in [5, 5.41) is 13.9. The average molecular weight is 550 g/mol. The quantitative estimate of drug-likeness (QED) is 0.163. The molecule has 2 heterocycles. The highest BCUT2D eigenvalue weighted by Gasteiger charge is 2.12. The molecule has 1 amide bonds. The Morgan fingerprint density at radius 2 is 2.09 bits per heavy atom. The first-order valence-electron chi connectivity index (χ1n) is 10.6. The van der Waals surface area contributed by atoms with Crippen LogP contribution in [0.1, 0.15) is 48.0 Å². The SMILES string of the molecule is CCNC(=NCCCNC(=O)c1occc1C)NC(C)c1cccc(-n2cccn2)c1.I. The Balaban J connectivity index is 0.00000363. The van der Waals surface area contributed by atoms with Gasteiger partial charge in [0.25, 0.3) is 5.91 Å². The number of nitrogens with zero attached hydrogens (tertiary/aromatic N) is 3. The second kappa shape index (κ2) is 12.9. The maximum absolute atomic E-state index is 12.1. The van der Waals surface area contributed by atoms with E-state index in [0.29, 0.717) is 18.8 Å². The van der Waals surface area contributed by atoms with Gasteiger partial charge in [-0.15, -0.1) is 24.0 Å². The molecule has 172 valence electrons. The van der Waals surface area contributed by atoms with Crippen LogP contribution in [0.25, 0.3) is 5.69 Å². The third-order valence-corrected chi connectivity index (χ3v) is 4.80. The van der Waals surface area contributed by atoms with Crippen molar-refractivity contribution in [3.05, 3.63) is 71.9 Å². The number of benzene rings is 1. The monoisotopic (exact) mass is 550 g/mol. The largest absolute Gasteiger partial charge is 0.459 e. The molecule has 3 aromatic rings. The Kier molecular flexibility index (Phi) is 10.3. The van der Waals surface area contributed by atoms with Crippen LogP contribution in [-0.4, -0.2) is 41.3 Å². The van der Waals surface area contributed by atoms with Crippen molar-refractivity contribution < 1.29 is 9.21 Å². The summed E-state index contributed by atoms with van der Waals surface area (Å²) in [4.78, 5) is 16.7. The number of carbonyl (C=O) groups is 1. The summed E-state index contributed by atoms with van der Waals surface area (Å²) >= 11 is 0. The molecule has 0 aliphatic carbocycles. The van der Waals surface area contributed by atoms with E-state index in [0.717, 1.165) is 35.7 Å². The molecule has 1 atom stereocenters. The summed E-state index contributed by atoms with van der Waals surface area (Å²) in [6.07, 6.45) is 5.94. The molecule has 0 saturated carbocycles. The smallest absolute Gasteiger partial charge is 0.287 e. The van der Waals surface area contributed by atoms with Gasteiger partial charge in [0.2, 0.25) is 0 Å². The van der Waals surface area contributed by atoms with Crippen LogP contribution in [0.3, 0.4) is 0 Å². The van der Waals surface area contributed by atoms with Gasteiger partial charge in [0.15, 0.2) is 11.7 Å². The van der Waals surface area contributed by atoms with Crippen molar-refractivity contribution in [3.8, 4) is 5.69 Å². The molecular weight excluding hydrogens is 519 g/mol. The van der Waals surface area contributed by atoms with E-state index in [1.807, 2.05) is 42.9 Å². The van der Waals surface area contributed by atoms with Crippen LogP contribution in [0.4, 0.5) is 0 Å². The zero-order valence-electron chi connectivity index (χ0n) is 18.7. The van der Waals surface area contributed by atoms with Crippen molar-refractivity contribution >= 4 is 35.8 Å². The van der Waals surface area contributed by atoms with E-state index < -0.39 is 0 Å². The second-order valence-electron chi connectivity index (χ2n) is 7.21. The molecule has 0 saturated heterocycles. The number of aryl methyl sites for hydroxylation is 1. The van der Waals surface area contributed by atoms with Crippen molar-refractivity contribution in [3.63, 3.8) is 0 Å². The van der Waals surface area contributed by atoms with Gasteiger partial charge in [-0.1, -0.05) is 12.1 Å². The van der Waals surface area contributed by atoms with Crippen molar-refractivity contribution in [2.45, 2.75) is 33.2 Å². The number of guanidine groups is 1. The van der Waals surface area contributed by atoms with Crippen LogP contribution in [0.2, 0.25) is 0 Å². The van der Waals surface area contributed by atoms with E-state index in [1.54, 1.807) is 12.3 Å². The lowest BCUT2D eigenvalue weighted by atomic mass is 10.1. The van der Waals surface area contributed by atoms with Gasteiger partial charge in [-0.2, -0.15) is 5.10 Å². The van der Waals surface area contributed by atoms with Crippen LogP contribution in [0, 0.1) is 6.92 Å². The first-order chi connectivity index (χ1) is 15.1. The standard InChI is InChI=1S/C23H30N6O2.HI/c1-4-24-23(26-12-6-11-25-22(30)21-17(2)10-15-31-21)28-18(3)19-8-5-9-20(16-19)29-14-7-13-27-29;/h5,7-10,13-16,18H,4,6,11-12H2,1-3H3,(H,25,30)(H2,24,26,28);1H. The van der Waals surface area contributed by atoms with Crippen LogP contribution in [0.5, 0.6) is 0 Å². The van der Waals surface area contributed by atoms with Crippen molar-refractivity contribution in [2.24, 2.45) is 4.99 Å². The number of halogens is 1. The van der Waals surface area contributed by atoms with Gasteiger partial charge >= 0.3 is 0 Å². The number of hydrogen-bond donors (Lipinski definition) is 3. The average Bonchev–Trinajstić information content (AvgIpc) is 3.45. The molecule has 0 fully saturated rings. The van der Waals surface area contributed by atoms with E-state index in [-0.39, 0.29) is 35.9 Å². The van der Waals surface area contributed by atoms with Gasteiger partial charge < -0.3 is 20.4 Å². The normalized spacial score (nSPS) is 12.0. The Morgan fingerprint density at radius 3 is 2.78 bits per heavy atom. The molecule has 0 spiro atoms. The molecule has 3 N–H and O–H groups in total. The summed E-state index contributed by atoms with van der Waals surface area (Å²) in [5.41, 5.74) is 2.99. The van der Waals surface area contributed by atoms with Gasteiger partial charge in [-0.3, -0.25) is 9.79 Å². The summed E-state index contributed by atoms with van der Waals surface area (Å²) in [6.45, 7) is 7.87. The molecule has 1 unspecified atom stereocenters. The molecule has 0 aliphatic heterocycles. The van der Waals surface area contributed by atoms with Crippen LogP contribution < -0.4 is 16.0 Å². The first kappa shape index (κ1) is 25.4. The Hall–Kier alpha value is -2.82. The zero-order chi connectivity index (χ0) is 22.1. The first-order valence-corrected chi connectivity index (χ1v) is 10.6. The number of amides is 1. The van der Waals surface area contributed by atoms with E-state index in [1.165, 1.54) is 6.26 Å². The second-order valence-corrected chi connectivity index (χ2v) is 7.21. The minimum atomic E-state index is -0.192. The molecule has 1 aromatic carbocycles. The van der Waals surface area contributed by atoms with E-state index in [9.17, 15) is 4.79 Å². The third kappa shape index (κ3) is 7.11. The molecule has 0 aliphatic rings. The number of aromatic nitrogens is 2. The van der Waals surface area contributed by atoms with E-state index >= 15 is 0 Å². The van der Waals surface area contributed by atoms with Gasteiger partial charge in [0.05, 0.1) is 18.0 Å². The minimum Gasteiger partial charge on any atom is -0.459 e. The predicted molar refractivity (Wildman–Crippen MR) is 137 cm³/mol. The Labute approximate surface area is 205 Å². The maximum Gasteiger partial charge on any atom is 0.287 e. The minimum absolute atomic E-state index is 0. The lowest BCUT2D eigenvalue weighted by molar-refractivity contribution is 0.0925. The summed E-state index contributed by atoms with van der Waals surface area (Å²) in [6, 6.07) is 12.0. The fourth-order valence-corrected chi connectivity index (χ4v) is 3.12. The number of hydrogen-bond acceptors (Lipinski definition) is 4. The summed E-state index contributed by atoms with van der Waals surface area (Å²) in [7, 11) is 0. The number of carbonyl (C=O) groups excluding carboxylic acids is 1. The summed E-state index contributed by atoms with van der Waals surface area (Å²) < 4.78 is 7.05. The Bertz CT molecular complexity index is 1000. The van der Waals surface area contributed by atoms with Gasteiger partial charge in [0.1, 0.15) is 0 Å². The molecule has 2 aromatic heterocycles. The number of rotatable bonds is 9. The molecule has 32 heavy (non-hydrogen) atoms. The highest BCUT2D eigenvalue weighted by molar-refractivity contribution is 14.0. The van der Waals surface area contributed by atoms with Crippen LogP contribution in [-0.2, 0) is 0 Å². The maximum atomic E-state index is 12.1. The predicted octanol–water partition coefficient (Wildman–Crippen LogP) is 3.83. The van der Waals surface area contributed by atoms with Gasteiger partial charge in [-0.05, 0) is 57.0 Å². The fraction of sp³-hybridized carbons (Fsp3) is 0.348. The molecule has 3 rings (SSSR count). The molecule has 8 nitrogen and oxygen atoms in total. The lowest BCUT2D eigenvalue weighted by Gasteiger charge is -2.19. The number of nitrogens with one attached hydrogen (secondary N) is 3. The highest BCUT2D eigenvalue weighted by Crippen LogP contribution is 2.16. The lowest BCUT2D eigenvalue weighted by Crippen LogP contribution is -2.39. The van der Waals surface area contributed by atoms with Gasteiger partial charge in [-0.25, -0.2) is 4.68 Å². The molecule has 0 bridgehead atoms. The molecule has 0 radical (unpaired) electrons. The third-order valence-electron chi connectivity index (χ3n) is 4.80. The Morgan fingerprint density at radius 1 is 1.25 bits per heavy atom. The van der Waals surface area contributed by atoms with Crippen molar-refractivity contribution in [2.75, 3.05) is 19.6 Å². The van der Waals surface area contributed by atoms with Crippen molar-refractivity contribution in [1.82, 2.24) is 25.7 Å². The van der Waals surface area contributed by atoms with Crippen LogP contribution >= 0.6 is 24.0 Å². The molecular formula is C23H31IN6O2. The zero-order valence-corrected chi connectivity index (χ0v) is 21.0. The van der Waals surface area contributed by atoms with E-state index in [4.69, 9.17) is 4.42 Å². The summed E-state index contributed by atoms with van der Waals surface area (Å²) in [5.74, 6) is 0.916. The topological polar surface area (TPSA) is 96.5 Å². The number of furan rings is 1. The van der Waals surface area contributed by atoms with Crippen LogP contribution in [0.15, 0.2) is 64.5 Å². The molecule has 9 heteroatoms. The van der Waals surface area contributed by atoms with E-state index in [2.05, 4.69) is 45.1 Å². The highest BCUT2D eigenvalue weighted by atomic mass is 127. The van der Waals surface area contributed by atoms with Gasteiger partial charge in [0, 0.05) is 37.6 Å². The number of aliphatic imine (C=N–C) groups is 1. The van der Waals surface area contributed by atoms with Crippen molar-refractivity contribution in [1.29, 1.82) is 0 Å².